The first-order valence-corrected chi connectivity index (χ1v) is 9.97. The van der Waals surface area contributed by atoms with Crippen molar-refractivity contribution in [3.8, 4) is 28.5 Å². The predicted molar refractivity (Wildman–Crippen MR) is 117 cm³/mol. The normalized spacial score (nSPS) is 11.8. The van der Waals surface area contributed by atoms with Gasteiger partial charge in [-0.2, -0.15) is 5.10 Å². The molecular weight excluding hydrogens is 404 g/mol. The number of methoxy groups -OCH3 is 2. The van der Waals surface area contributed by atoms with Gasteiger partial charge in [0.1, 0.15) is 17.2 Å². The number of ether oxygens (including phenoxy) is 2. The van der Waals surface area contributed by atoms with Crippen molar-refractivity contribution in [3.63, 3.8) is 0 Å². The van der Waals surface area contributed by atoms with Gasteiger partial charge < -0.3 is 20.3 Å². The number of carbonyl (C=O) groups excluding carboxylic acids is 1. The van der Waals surface area contributed by atoms with Gasteiger partial charge in [-0.05, 0) is 43.3 Å². The number of aromatic hydroxyl groups is 1. The maximum absolute atomic E-state index is 11.6. The largest absolute Gasteiger partial charge is 0.507 e. The van der Waals surface area contributed by atoms with E-state index < -0.39 is 5.91 Å². The van der Waals surface area contributed by atoms with Gasteiger partial charge in [0.15, 0.2) is 0 Å². The van der Waals surface area contributed by atoms with Gasteiger partial charge in [0.2, 0.25) is 4.80 Å². The van der Waals surface area contributed by atoms with E-state index in [0.717, 1.165) is 5.56 Å². The second-order valence-electron chi connectivity index (χ2n) is 6.14. The summed E-state index contributed by atoms with van der Waals surface area (Å²) in [6, 6.07) is 10.1. The number of carbonyl (C=O) groups is 1. The third kappa shape index (κ3) is 4.36. The van der Waals surface area contributed by atoms with E-state index in [1.165, 1.54) is 23.5 Å². The van der Waals surface area contributed by atoms with E-state index in [9.17, 15) is 9.90 Å². The summed E-state index contributed by atoms with van der Waals surface area (Å²) in [5.74, 6) is 0.442. The Bertz CT molecular complexity index is 1160. The lowest BCUT2D eigenvalue weighted by Crippen LogP contribution is -2.13. The van der Waals surface area contributed by atoms with Gasteiger partial charge in [0.25, 0.3) is 5.91 Å². The van der Waals surface area contributed by atoms with Crippen LogP contribution in [0.3, 0.4) is 0 Å². The van der Waals surface area contributed by atoms with Gasteiger partial charge in [-0.15, -0.1) is 11.3 Å². The van der Waals surface area contributed by atoms with Gasteiger partial charge in [0.05, 0.1) is 31.7 Å². The van der Waals surface area contributed by atoms with Gasteiger partial charge >= 0.3 is 0 Å². The Morgan fingerprint density at radius 2 is 2.03 bits per heavy atom. The number of aromatic nitrogens is 1. The maximum atomic E-state index is 11.6. The molecule has 0 aliphatic carbocycles. The Hall–Kier alpha value is -3.59. The van der Waals surface area contributed by atoms with Crippen LogP contribution in [0.2, 0.25) is 0 Å². The van der Waals surface area contributed by atoms with Crippen molar-refractivity contribution in [2.24, 2.45) is 15.8 Å². The fourth-order valence-corrected chi connectivity index (χ4v) is 3.71. The molecular formula is C21H22N4O4S. The van der Waals surface area contributed by atoms with Crippen molar-refractivity contribution in [3.05, 3.63) is 57.7 Å². The van der Waals surface area contributed by atoms with Crippen LogP contribution in [0.4, 0.5) is 0 Å². The van der Waals surface area contributed by atoms with Crippen molar-refractivity contribution in [2.75, 3.05) is 20.8 Å². The summed E-state index contributed by atoms with van der Waals surface area (Å²) in [6.07, 6.45) is 1.65. The average Bonchev–Trinajstić information content (AvgIpc) is 3.14. The standard InChI is InChI=1S/C21H22N4O4S/c1-4-23-21-25(24-11-14-9-15(28-2)6-8-19(14)29-3)17(12-30-21)13-5-7-18(26)16(10-13)20(22)27/h5-12,26H,4H2,1-3H3,(H2,22,27)/b23-21?,24-11+. The summed E-state index contributed by atoms with van der Waals surface area (Å²) < 4.78 is 12.4. The van der Waals surface area contributed by atoms with E-state index in [2.05, 4.69) is 10.1 Å². The molecule has 3 aromatic rings. The molecule has 3 rings (SSSR count). The quantitative estimate of drug-likeness (QED) is 0.566. The summed E-state index contributed by atoms with van der Waals surface area (Å²) in [5.41, 5.74) is 7.51. The zero-order valence-corrected chi connectivity index (χ0v) is 17.6. The molecule has 1 amide bonds. The second kappa shape index (κ2) is 9.27. The van der Waals surface area contributed by atoms with Crippen LogP contribution in [0.25, 0.3) is 11.3 Å². The third-order valence-corrected chi connectivity index (χ3v) is 5.14. The molecule has 9 heteroatoms. The molecule has 0 fully saturated rings. The highest BCUT2D eigenvalue weighted by atomic mass is 32.1. The number of nitrogens with two attached hydrogens (primary N) is 1. The number of hydrogen-bond donors (Lipinski definition) is 2. The molecule has 8 nitrogen and oxygen atoms in total. The molecule has 0 spiro atoms. The topological polar surface area (TPSA) is 111 Å². The molecule has 0 saturated heterocycles. The summed E-state index contributed by atoms with van der Waals surface area (Å²) >= 11 is 1.41. The zero-order valence-electron chi connectivity index (χ0n) is 16.8. The first-order valence-electron chi connectivity index (χ1n) is 9.09. The molecule has 0 atom stereocenters. The molecule has 156 valence electrons. The summed E-state index contributed by atoms with van der Waals surface area (Å²) in [7, 11) is 3.18. The minimum Gasteiger partial charge on any atom is -0.507 e. The summed E-state index contributed by atoms with van der Waals surface area (Å²) in [5, 5.41) is 16.4. The minimum atomic E-state index is -0.709. The van der Waals surface area contributed by atoms with Gasteiger partial charge in [-0.25, -0.2) is 4.68 Å². The van der Waals surface area contributed by atoms with E-state index in [-0.39, 0.29) is 11.3 Å². The van der Waals surface area contributed by atoms with Crippen molar-refractivity contribution >= 4 is 23.5 Å². The number of nitrogens with zero attached hydrogens (tertiary/aromatic N) is 3. The van der Waals surface area contributed by atoms with Crippen LogP contribution in [-0.2, 0) is 0 Å². The first kappa shape index (κ1) is 21.1. The number of phenols is 1. The number of rotatable bonds is 7. The number of benzene rings is 2. The van der Waals surface area contributed by atoms with E-state index in [4.69, 9.17) is 15.2 Å². The van der Waals surface area contributed by atoms with E-state index in [1.54, 1.807) is 43.3 Å². The maximum Gasteiger partial charge on any atom is 0.252 e. The second-order valence-corrected chi connectivity index (χ2v) is 6.97. The lowest BCUT2D eigenvalue weighted by molar-refractivity contribution is 0.0998. The monoisotopic (exact) mass is 426 g/mol. The summed E-state index contributed by atoms with van der Waals surface area (Å²) in [6.45, 7) is 2.52. The smallest absolute Gasteiger partial charge is 0.252 e. The predicted octanol–water partition coefficient (Wildman–Crippen LogP) is 2.84. The molecule has 0 saturated carbocycles. The van der Waals surface area contributed by atoms with Crippen LogP contribution in [0.5, 0.6) is 17.2 Å². The molecule has 0 bridgehead atoms. The highest BCUT2D eigenvalue weighted by Gasteiger charge is 2.13. The van der Waals surface area contributed by atoms with Crippen molar-refractivity contribution < 1.29 is 19.4 Å². The van der Waals surface area contributed by atoms with Crippen LogP contribution >= 0.6 is 11.3 Å². The lowest BCUT2D eigenvalue weighted by atomic mass is 10.1. The Morgan fingerprint density at radius 3 is 2.70 bits per heavy atom. The third-order valence-electron chi connectivity index (χ3n) is 4.29. The first-order chi connectivity index (χ1) is 14.5. The molecule has 1 heterocycles. The van der Waals surface area contributed by atoms with Crippen LogP contribution in [0.15, 0.2) is 51.9 Å². The Labute approximate surface area is 177 Å². The Balaban J connectivity index is 2.13. The van der Waals surface area contributed by atoms with Gasteiger partial charge in [-0.3, -0.25) is 9.79 Å². The van der Waals surface area contributed by atoms with Crippen molar-refractivity contribution in [1.82, 2.24) is 4.68 Å². The molecule has 0 aliphatic heterocycles. The highest BCUT2D eigenvalue weighted by molar-refractivity contribution is 7.07. The van der Waals surface area contributed by atoms with Crippen LogP contribution in [0.1, 0.15) is 22.8 Å². The molecule has 1 aromatic heterocycles. The Morgan fingerprint density at radius 1 is 1.23 bits per heavy atom. The van der Waals surface area contributed by atoms with E-state index in [1.807, 2.05) is 18.4 Å². The molecule has 0 unspecified atom stereocenters. The van der Waals surface area contributed by atoms with E-state index >= 15 is 0 Å². The fraction of sp³-hybridized carbons (Fsp3) is 0.190. The molecule has 0 radical (unpaired) electrons. The lowest BCUT2D eigenvalue weighted by Gasteiger charge is -2.08. The van der Waals surface area contributed by atoms with Crippen LogP contribution in [-0.4, -0.2) is 42.7 Å². The molecule has 3 N–H and O–H groups in total. The summed E-state index contributed by atoms with van der Waals surface area (Å²) in [4.78, 5) is 16.8. The number of amides is 1. The number of hydrogen-bond acceptors (Lipinski definition) is 7. The van der Waals surface area contributed by atoms with Crippen molar-refractivity contribution in [2.45, 2.75) is 6.92 Å². The van der Waals surface area contributed by atoms with E-state index in [0.29, 0.717) is 34.1 Å². The van der Waals surface area contributed by atoms with Crippen LogP contribution < -0.4 is 20.0 Å². The Kier molecular flexibility index (Phi) is 6.53. The molecule has 30 heavy (non-hydrogen) atoms. The fourth-order valence-electron chi connectivity index (χ4n) is 2.81. The van der Waals surface area contributed by atoms with Crippen molar-refractivity contribution in [1.29, 1.82) is 0 Å². The highest BCUT2D eigenvalue weighted by Crippen LogP contribution is 2.27. The van der Waals surface area contributed by atoms with Gasteiger partial charge in [0, 0.05) is 23.1 Å². The minimum absolute atomic E-state index is 0.0395. The van der Waals surface area contributed by atoms with Gasteiger partial charge in [-0.1, -0.05) is 0 Å². The average molecular weight is 426 g/mol. The van der Waals surface area contributed by atoms with Crippen LogP contribution in [0, 0.1) is 0 Å². The molecule has 0 aliphatic rings. The SMILES string of the molecule is CCN=c1scc(-c2ccc(O)c(C(N)=O)c2)n1/N=C/c1cc(OC)ccc1OC. The zero-order chi connectivity index (χ0) is 21.7. The molecule has 2 aromatic carbocycles. The number of thiazole rings is 1. The number of primary amides is 1.